The van der Waals surface area contributed by atoms with Crippen LogP contribution in [0.2, 0.25) is 0 Å². The van der Waals surface area contributed by atoms with Gasteiger partial charge in [0.1, 0.15) is 5.52 Å². The SMILES string of the molecule is Cc1nc2cc(C(O)CCN)cnc2o1. The predicted octanol–water partition coefficient (Wildman–Crippen LogP) is 0.913. The molecule has 0 saturated carbocycles. The molecule has 0 fully saturated rings. The number of nitrogens with two attached hydrogens (primary N) is 1. The molecule has 0 aromatic carbocycles. The molecule has 15 heavy (non-hydrogen) atoms. The molecule has 2 rings (SSSR count). The summed E-state index contributed by atoms with van der Waals surface area (Å²) in [4.78, 5) is 8.22. The van der Waals surface area contributed by atoms with E-state index in [4.69, 9.17) is 10.2 Å². The van der Waals surface area contributed by atoms with Crippen molar-refractivity contribution in [1.82, 2.24) is 9.97 Å². The van der Waals surface area contributed by atoms with Crippen molar-refractivity contribution < 1.29 is 9.52 Å². The van der Waals surface area contributed by atoms with Crippen molar-refractivity contribution in [2.24, 2.45) is 5.73 Å². The molecule has 3 N–H and O–H groups in total. The Morgan fingerprint density at radius 2 is 2.40 bits per heavy atom. The zero-order valence-electron chi connectivity index (χ0n) is 8.47. The van der Waals surface area contributed by atoms with Crippen LogP contribution in [0.15, 0.2) is 16.7 Å². The van der Waals surface area contributed by atoms with E-state index in [-0.39, 0.29) is 0 Å². The Balaban J connectivity index is 2.37. The Morgan fingerprint density at radius 3 is 3.13 bits per heavy atom. The van der Waals surface area contributed by atoms with Crippen molar-refractivity contribution in [3.05, 3.63) is 23.7 Å². The Labute approximate surface area is 86.9 Å². The number of pyridine rings is 1. The van der Waals surface area contributed by atoms with Crippen LogP contribution >= 0.6 is 0 Å². The molecule has 2 aromatic rings. The number of hydrogen-bond acceptors (Lipinski definition) is 5. The van der Waals surface area contributed by atoms with Gasteiger partial charge in [0.2, 0.25) is 5.71 Å². The molecule has 0 amide bonds. The number of hydrogen-bond donors (Lipinski definition) is 2. The zero-order valence-corrected chi connectivity index (χ0v) is 8.47. The molecule has 5 nitrogen and oxygen atoms in total. The first-order valence-electron chi connectivity index (χ1n) is 4.82. The fourth-order valence-corrected chi connectivity index (χ4v) is 1.45. The minimum absolute atomic E-state index is 0.442. The highest BCUT2D eigenvalue weighted by Gasteiger charge is 2.10. The summed E-state index contributed by atoms with van der Waals surface area (Å²) in [5.74, 6) is 0.572. The summed E-state index contributed by atoms with van der Waals surface area (Å²) >= 11 is 0. The molecule has 0 aliphatic heterocycles. The van der Waals surface area contributed by atoms with Crippen LogP contribution in [0.3, 0.4) is 0 Å². The van der Waals surface area contributed by atoms with Crippen molar-refractivity contribution in [2.75, 3.05) is 6.54 Å². The second-order valence-electron chi connectivity index (χ2n) is 3.42. The fraction of sp³-hybridized carbons (Fsp3) is 0.400. The first-order valence-corrected chi connectivity index (χ1v) is 4.82. The van der Waals surface area contributed by atoms with Crippen LogP contribution in [0.5, 0.6) is 0 Å². The summed E-state index contributed by atoms with van der Waals surface area (Å²) < 4.78 is 5.23. The van der Waals surface area contributed by atoms with Crippen LogP contribution in [-0.2, 0) is 0 Å². The average molecular weight is 207 g/mol. The first kappa shape index (κ1) is 10.1. The Hall–Kier alpha value is -1.46. The summed E-state index contributed by atoms with van der Waals surface area (Å²) in [7, 11) is 0. The first-order chi connectivity index (χ1) is 7.20. The largest absolute Gasteiger partial charge is 0.423 e. The highest BCUT2D eigenvalue weighted by Crippen LogP contribution is 2.20. The molecule has 1 unspecified atom stereocenters. The third-order valence-corrected chi connectivity index (χ3v) is 2.20. The van der Waals surface area contributed by atoms with Gasteiger partial charge in [-0.05, 0) is 19.0 Å². The number of oxazole rings is 1. The number of rotatable bonds is 3. The molecule has 0 bridgehead atoms. The number of aryl methyl sites for hydroxylation is 1. The van der Waals surface area contributed by atoms with Gasteiger partial charge in [0.15, 0.2) is 5.89 Å². The van der Waals surface area contributed by atoms with Crippen LogP contribution in [0, 0.1) is 6.92 Å². The second-order valence-corrected chi connectivity index (χ2v) is 3.42. The lowest BCUT2D eigenvalue weighted by atomic mass is 10.1. The summed E-state index contributed by atoms with van der Waals surface area (Å²) in [5, 5.41) is 9.71. The van der Waals surface area contributed by atoms with Crippen LogP contribution in [-0.4, -0.2) is 21.6 Å². The smallest absolute Gasteiger partial charge is 0.246 e. The van der Waals surface area contributed by atoms with Gasteiger partial charge in [-0.2, -0.15) is 0 Å². The Kier molecular flexibility index (Phi) is 2.66. The highest BCUT2D eigenvalue weighted by molar-refractivity contribution is 5.68. The standard InChI is InChI=1S/C10H13N3O2/c1-6-13-8-4-7(9(14)2-3-11)5-12-10(8)15-6/h4-5,9,14H,2-3,11H2,1H3. The molecule has 5 heteroatoms. The summed E-state index contributed by atoms with van der Waals surface area (Å²) in [6.45, 7) is 2.20. The molecule has 2 heterocycles. The number of nitrogens with zero attached hydrogens (tertiary/aromatic N) is 2. The van der Waals surface area contributed by atoms with Gasteiger partial charge in [0.25, 0.3) is 0 Å². The second kappa shape index (κ2) is 3.96. The summed E-state index contributed by atoms with van der Waals surface area (Å²) in [6, 6.07) is 1.78. The Bertz CT molecular complexity index is 467. The van der Waals surface area contributed by atoms with Gasteiger partial charge in [-0.3, -0.25) is 0 Å². The molecular weight excluding hydrogens is 194 g/mol. The monoisotopic (exact) mass is 207 g/mol. The lowest BCUT2D eigenvalue weighted by molar-refractivity contribution is 0.170. The topological polar surface area (TPSA) is 85.2 Å². The van der Waals surface area contributed by atoms with E-state index in [0.717, 1.165) is 5.56 Å². The number of aliphatic hydroxyl groups is 1. The molecular formula is C10H13N3O2. The van der Waals surface area contributed by atoms with Crippen molar-refractivity contribution in [3.63, 3.8) is 0 Å². The van der Waals surface area contributed by atoms with Crippen molar-refractivity contribution in [1.29, 1.82) is 0 Å². The van der Waals surface area contributed by atoms with Crippen molar-refractivity contribution in [2.45, 2.75) is 19.4 Å². The minimum atomic E-state index is -0.580. The Morgan fingerprint density at radius 1 is 1.60 bits per heavy atom. The maximum absolute atomic E-state index is 9.71. The van der Waals surface area contributed by atoms with E-state index in [9.17, 15) is 5.11 Å². The molecule has 0 spiro atoms. The van der Waals surface area contributed by atoms with Gasteiger partial charge >= 0.3 is 0 Å². The summed E-state index contributed by atoms with van der Waals surface area (Å²) in [6.07, 6.45) is 1.53. The number of aliphatic hydroxyl groups excluding tert-OH is 1. The van der Waals surface area contributed by atoms with E-state index in [1.807, 2.05) is 0 Å². The maximum Gasteiger partial charge on any atom is 0.246 e. The lowest BCUT2D eigenvalue weighted by Crippen LogP contribution is -2.06. The minimum Gasteiger partial charge on any atom is -0.423 e. The van der Waals surface area contributed by atoms with Crippen molar-refractivity contribution in [3.8, 4) is 0 Å². The molecule has 0 aliphatic rings. The maximum atomic E-state index is 9.71. The molecule has 0 saturated heterocycles. The molecule has 0 aliphatic carbocycles. The van der Waals surface area contributed by atoms with Gasteiger partial charge in [0, 0.05) is 18.7 Å². The number of aromatic nitrogens is 2. The van der Waals surface area contributed by atoms with E-state index in [2.05, 4.69) is 9.97 Å². The third kappa shape index (κ3) is 1.98. The molecule has 2 aromatic heterocycles. The van der Waals surface area contributed by atoms with Gasteiger partial charge in [0.05, 0.1) is 6.10 Å². The van der Waals surface area contributed by atoms with Crippen LogP contribution in [0.1, 0.15) is 24.0 Å². The number of fused-ring (bicyclic) bond motifs is 1. The molecule has 1 atom stereocenters. The lowest BCUT2D eigenvalue weighted by Gasteiger charge is -2.07. The summed E-state index contributed by atoms with van der Waals surface area (Å²) in [5.41, 5.74) is 7.26. The average Bonchev–Trinajstić information content (AvgIpc) is 2.57. The van der Waals surface area contributed by atoms with Gasteiger partial charge in [-0.25, -0.2) is 9.97 Å². The zero-order chi connectivity index (χ0) is 10.8. The van der Waals surface area contributed by atoms with Gasteiger partial charge in [-0.1, -0.05) is 0 Å². The quantitative estimate of drug-likeness (QED) is 0.781. The molecule has 80 valence electrons. The van der Waals surface area contributed by atoms with Crippen LogP contribution in [0.25, 0.3) is 11.2 Å². The third-order valence-electron chi connectivity index (χ3n) is 2.20. The van der Waals surface area contributed by atoms with E-state index >= 15 is 0 Å². The van der Waals surface area contributed by atoms with E-state index in [1.165, 1.54) is 0 Å². The van der Waals surface area contributed by atoms with E-state index < -0.39 is 6.10 Å². The molecule has 0 radical (unpaired) electrons. The normalized spacial score (nSPS) is 13.3. The van der Waals surface area contributed by atoms with Gasteiger partial charge < -0.3 is 15.3 Å². The fourth-order valence-electron chi connectivity index (χ4n) is 1.45. The van der Waals surface area contributed by atoms with E-state index in [0.29, 0.717) is 30.1 Å². The van der Waals surface area contributed by atoms with Gasteiger partial charge in [-0.15, -0.1) is 0 Å². The van der Waals surface area contributed by atoms with E-state index in [1.54, 1.807) is 19.2 Å². The highest BCUT2D eigenvalue weighted by atomic mass is 16.4. The van der Waals surface area contributed by atoms with Crippen molar-refractivity contribution >= 4 is 11.2 Å². The van der Waals surface area contributed by atoms with Crippen LogP contribution < -0.4 is 5.73 Å². The predicted molar refractivity (Wildman–Crippen MR) is 55.2 cm³/mol. The van der Waals surface area contributed by atoms with Crippen LogP contribution in [0.4, 0.5) is 0 Å².